The van der Waals surface area contributed by atoms with Gasteiger partial charge >= 0.3 is 59.1 Å². The summed E-state index contributed by atoms with van der Waals surface area (Å²) in [7, 11) is 0. The van der Waals surface area contributed by atoms with E-state index >= 15 is 0 Å². The van der Waals surface area contributed by atoms with Gasteiger partial charge in [-0.25, -0.2) is 9.97 Å². The Morgan fingerprint density at radius 2 is 1.06 bits per heavy atom. The quantitative estimate of drug-likeness (QED) is 0.372. The standard InChI is InChI=1S/C10H4N2O4.2Na/c13-7-3-1-4-6(10(16)12-8(4)14)2-5(3)9(15)11-7;;/h1-2H,(H,11,13,15)(H,12,14,16);;/q;2*+1/p-2. The predicted octanol–water partition coefficient (Wildman–Crippen LogP) is -7.47. The second-order valence-corrected chi connectivity index (χ2v) is 3.39. The molecule has 0 radical (unpaired) electrons. The van der Waals surface area contributed by atoms with E-state index in [-0.39, 0.29) is 80.7 Å². The van der Waals surface area contributed by atoms with Crippen molar-refractivity contribution in [3.05, 3.63) is 32.8 Å². The van der Waals surface area contributed by atoms with Gasteiger partial charge in [-0.15, -0.1) is 0 Å². The molecule has 2 heterocycles. The van der Waals surface area contributed by atoms with Gasteiger partial charge in [0, 0.05) is 0 Å². The molecule has 0 unspecified atom stereocenters. The Labute approximate surface area is 144 Å². The molecule has 0 fully saturated rings. The van der Waals surface area contributed by atoms with Gasteiger partial charge in [-0.05, 0) is 34.7 Å². The van der Waals surface area contributed by atoms with E-state index in [1.54, 1.807) is 0 Å². The number of hydrogen-bond donors (Lipinski definition) is 0. The van der Waals surface area contributed by atoms with Crippen LogP contribution in [0, 0.1) is 0 Å². The van der Waals surface area contributed by atoms with E-state index in [1.807, 2.05) is 0 Å². The number of nitrogens with zero attached hydrogens (tertiary/aromatic N) is 2. The number of rotatable bonds is 0. The van der Waals surface area contributed by atoms with Crippen molar-refractivity contribution in [3.63, 3.8) is 0 Å². The molecule has 0 saturated carbocycles. The predicted molar refractivity (Wildman–Crippen MR) is 50.8 cm³/mol. The molecule has 0 aliphatic carbocycles. The second-order valence-electron chi connectivity index (χ2n) is 3.39. The summed E-state index contributed by atoms with van der Waals surface area (Å²) in [5.41, 5.74) is -1.37. The Bertz CT molecular complexity index is 758. The van der Waals surface area contributed by atoms with E-state index in [4.69, 9.17) is 0 Å². The Morgan fingerprint density at radius 1 is 0.722 bits per heavy atom. The fourth-order valence-electron chi connectivity index (χ4n) is 1.73. The molecule has 0 aliphatic heterocycles. The van der Waals surface area contributed by atoms with Crippen molar-refractivity contribution < 1.29 is 69.3 Å². The molecule has 1 aromatic carbocycles. The van der Waals surface area contributed by atoms with Gasteiger partial charge in [-0.2, -0.15) is 0 Å². The monoisotopic (exact) mass is 260 g/mol. The first kappa shape index (κ1) is 15.6. The Hall–Kier alpha value is -0.500. The molecule has 2 aromatic heterocycles. The zero-order valence-corrected chi connectivity index (χ0v) is 13.7. The molecule has 0 N–H and O–H groups in total. The molecule has 0 saturated heterocycles. The third kappa shape index (κ3) is 2.09. The number of fused-ring (bicyclic) bond motifs is 2. The summed E-state index contributed by atoms with van der Waals surface area (Å²) in [5.74, 6) is -1.37. The summed E-state index contributed by atoms with van der Waals surface area (Å²) in [6.45, 7) is 0. The van der Waals surface area contributed by atoms with Crippen LogP contribution in [0.5, 0.6) is 11.8 Å². The van der Waals surface area contributed by atoms with E-state index in [9.17, 15) is 19.8 Å². The van der Waals surface area contributed by atoms with Gasteiger partial charge in [0.25, 0.3) is 11.1 Å². The van der Waals surface area contributed by atoms with Gasteiger partial charge in [0.1, 0.15) is 0 Å². The average Bonchev–Trinajstić information content (AvgIpc) is 2.67. The smallest absolute Gasteiger partial charge is 0.858 e. The fraction of sp³-hybridized carbons (Fsp3) is 0. The van der Waals surface area contributed by atoms with E-state index in [2.05, 4.69) is 9.97 Å². The van der Waals surface area contributed by atoms with Crippen molar-refractivity contribution in [2.45, 2.75) is 0 Å². The molecular formula is C10H2N2Na2O4. The second kappa shape index (κ2) is 5.24. The van der Waals surface area contributed by atoms with Crippen LogP contribution in [-0.2, 0) is 0 Å². The molecule has 0 aliphatic rings. The van der Waals surface area contributed by atoms with Gasteiger partial charge in [-0.1, -0.05) is 0 Å². The van der Waals surface area contributed by atoms with Crippen LogP contribution in [0.2, 0.25) is 0 Å². The minimum absolute atomic E-state index is 0. The summed E-state index contributed by atoms with van der Waals surface area (Å²) < 4.78 is 0. The normalized spacial score (nSPS) is 10.2. The molecule has 3 aromatic rings. The van der Waals surface area contributed by atoms with Gasteiger partial charge in [0.15, 0.2) is 0 Å². The van der Waals surface area contributed by atoms with Crippen molar-refractivity contribution in [2.75, 3.05) is 0 Å². The first-order chi connectivity index (χ1) is 7.58. The minimum Gasteiger partial charge on any atom is -0.858 e. The van der Waals surface area contributed by atoms with Gasteiger partial charge in [-0.3, -0.25) is 9.59 Å². The van der Waals surface area contributed by atoms with Crippen molar-refractivity contribution in [1.82, 2.24) is 9.97 Å². The molecule has 8 heteroatoms. The Balaban J connectivity index is 0.000000810. The maximum atomic E-state index is 11.2. The third-order valence-corrected chi connectivity index (χ3v) is 2.49. The summed E-state index contributed by atoms with van der Waals surface area (Å²) in [4.78, 5) is 28.9. The molecule has 6 nitrogen and oxygen atoms in total. The Morgan fingerprint density at radius 3 is 1.44 bits per heavy atom. The van der Waals surface area contributed by atoms with E-state index in [0.717, 1.165) is 0 Å². The van der Waals surface area contributed by atoms with Gasteiger partial charge < -0.3 is 10.2 Å². The maximum absolute atomic E-state index is 11.2. The zero-order chi connectivity index (χ0) is 11.4. The van der Waals surface area contributed by atoms with E-state index in [0.29, 0.717) is 0 Å². The van der Waals surface area contributed by atoms with Gasteiger partial charge in [0.2, 0.25) is 0 Å². The summed E-state index contributed by atoms with van der Waals surface area (Å²) in [6.07, 6.45) is 0. The molecule has 0 amide bonds. The van der Waals surface area contributed by atoms with Crippen LogP contribution in [0.4, 0.5) is 0 Å². The molecule has 0 atom stereocenters. The molecular weight excluding hydrogens is 258 g/mol. The van der Waals surface area contributed by atoms with E-state index in [1.165, 1.54) is 12.1 Å². The first-order valence-corrected chi connectivity index (χ1v) is 4.37. The number of hydrogen-bond acceptors (Lipinski definition) is 6. The largest absolute Gasteiger partial charge is 1.00 e. The average molecular weight is 260 g/mol. The van der Waals surface area contributed by atoms with Crippen LogP contribution in [-0.4, -0.2) is 9.97 Å². The summed E-state index contributed by atoms with van der Waals surface area (Å²) in [5, 5.41) is 22.7. The number of benzene rings is 1. The minimum atomic E-state index is -0.685. The maximum Gasteiger partial charge on any atom is 1.00 e. The van der Waals surface area contributed by atoms with Crippen LogP contribution in [0.1, 0.15) is 0 Å². The number of aromatic nitrogens is 2. The molecule has 3 rings (SSSR count). The van der Waals surface area contributed by atoms with Crippen LogP contribution in [0.15, 0.2) is 21.7 Å². The fourth-order valence-corrected chi connectivity index (χ4v) is 1.73. The molecule has 0 spiro atoms. The third-order valence-electron chi connectivity index (χ3n) is 2.49. The zero-order valence-electron chi connectivity index (χ0n) is 9.68. The Kier molecular flexibility index (Phi) is 4.53. The van der Waals surface area contributed by atoms with Gasteiger partial charge in [0.05, 0.1) is 10.8 Å². The summed E-state index contributed by atoms with van der Waals surface area (Å²) >= 11 is 0. The van der Waals surface area contributed by atoms with Crippen molar-refractivity contribution in [2.24, 2.45) is 0 Å². The first-order valence-electron chi connectivity index (χ1n) is 4.37. The van der Waals surface area contributed by atoms with Crippen molar-refractivity contribution in [1.29, 1.82) is 0 Å². The SMILES string of the molecule is O=c1nc([O-])c2cc3c([O-])nc(=O)c3cc12.[Na+].[Na+]. The van der Waals surface area contributed by atoms with Crippen molar-refractivity contribution in [3.8, 4) is 11.8 Å². The van der Waals surface area contributed by atoms with Crippen molar-refractivity contribution >= 4 is 21.5 Å². The van der Waals surface area contributed by atoms with Crippen LogP contribution >= 0.6 is 0 Å². The van der Waals surface area contributed by atoms with Crippen LogP contribution < -0.4 is 80.4 Å². The van der Waals surface area contributed by atoms with Crippen LogP contribution in [0.25, 0.3) is 21.5 Å². The molecule has 18 heavy (non-hydrogen) atoms. The summed E-state index contributed by atoms with van der Waals surface area (Å²) in [6, 6.07) is 2.41. The topological polar surface area (TPSA) is 106 Å². The van der Waals surface area contributed by atoms with Crippen LogP contribution in [0.3, 0.4) is 0 Å². The molecule has 0 bridgehead atoms. The van der Waals surface area contributed by atoms with E-state index < -0.39 is 22.9 Å². The molecule has 78 valence electrons.